The van der Waals surface area contributed by atoms with Crippen LogP contribution in [0.4, 0.5) is 10.5 Å². The lowest BCUT2D eigenvalue weighted by molar-refractivity contribution is -0.121. The smallest absolute Gasteiger partial charge is 0.358 e. The minimum absolute atomic E-state index is 0.0960. The molecule has 0 aromatic heterocycles. The third-order valence-electron chi connectivity index (χ3n) is 5.01. The molecule has 2 heterocycles. The minimum atomic E-state index is -0.487. The Kier molecular flexibility index (Phi) is 6.29. The van der Waals surface area contributed by atoms with Crippen molar-refractivity contribution in [3.63, 3.8) is 0 Å². The van der Waals surface area contributed by atoms with E-state index in [1.807, 2.05) is 35.5 Å². The summed E-state index contributed by atoms with van der Waals surface area (Å²) in [6, 6.07) is 7.46. The van der Waals surface area contributed by atoms with E-state index in [9.17, 15) is 9.59 Å². The summed E-state index contributed by atoms with van der Waals surface area (Å²) in [5.74, 6) is 0.567. The third kappa shape index (κ3) is 5.15. The largest absolute Gasteiger partial charge is 0.425 e. The minimum Gasteiger partial charge on any atom is -0.358 e. The molecule has 3 rings (SSSR count). The van der Waals surface area contributed by atoms with Crippen molar-refractivity contribution in [1.82, 2.24) is 14.9 Å². The highest BCUT2D eigenvalue weighted by Crippen LogP contribution is 2.29. The zero-order valence-electron chi connectivity index (χ0n) is 16.1. The van der Waals surface area contributed by atoms with Crippen molar-refractivity contribution in [2.75, 3.05) is 18.4 Å². The fourth-order valence-electron chi connectivity index (χ4n) is 3.54. The molecule has 1 spiro atoms. The van der Waals surface area contributed by atoms with E-state index in [-0.39, 0.29) is 17.6 Å². The van der Waals surface area contributed by atoms with Crippen LogP contribution >= 0.6 is 12.2 Å². The molecule has 0 bridgehead atoms. The number of piperidine rings is 1. The molecule has 0 radical (unpaired) electrons. The average molecular weight is 393 g/mol. The SMILES string of the molecule is Cc1ccccc1NC(=O)OSN1CCC2(CC1)NC(=O)C(CC(C)C)N2. The van der Waals surface area contributed by atoms with Crippen molar-refractivity contribution in [2.45, 2.75) is 51.7 Å². The lowest BCUT2D eigenvalue weighted by Crippen LogP contribution is -2.56. The molecule has 8 heteroatoms. The van der Waals surface area contributed by atoms with Crippen LogP contribution in [0.2, 0.25) is 0 Å². The molecule has 0 saturated carbocycles. The summed E-state index contributed by atoms with van der Waals surface area (Å²) in [7, 11) is 0. The Bertz CT molecular complexity index is 689. The highest BCUT2D eigenvalue weighted by atomic mass is 32.2. The van der Waals surface area contributed by atoms with Crippen LogP contribution in [0, 0.1) is 12.8 Å². The zero-order valence-corrected chi connectivity index (χ0v) is 16.9. The van der Waals surface area contributed by atoms with E-state index < -0.39 is 6.09 Å². The maximum atomic E-state index is 12.2. The Hall–Kier alpha value is -1.77. The van der Waals surface area contributed by atoms with Crippen LogP contribution in [-0.2, 0) is 8.98 Å². The van der Waals surface area contributed by atoms with Crippen LogP contribution in [0.3, 0.4) is 0 Å². The summed E-state index contributed by atoms with van der Waals surface area (Å²) in [5, 5.41) is 9.39. The number of benzene rings is 1. The molecule has 2 aliphatic rings. The van der Waals surface area contributed by atoms with Gasteiger partial charge >= 0.3 is 6.09 Å². The van der Waals surface area contributed by atoms with Crippen molar-refractivity contribution in [3.05, 3.63) is 29.8 Å². The fourth-order valence-corrected chi connectivity index (χ4v) is 4.08. The second-order valence-corrected chi connectivity index (χ2v) is 8.54. The topological polar surface area (TPSA) is 82.7 Å². The lowest BCUT2D eigenvalue weighted by Gasteiger charge is -2.38. The molecule has 27 heavy (non-hydrogen) atoms. The van der Waals surface area contributed by atoms with Gasteiger partial charge in [0.05, 0.1) is 11.7 Å². The fraction of sp³-hybridized carbons (Fsp3) is 0.579. The van der Waals surface area contributed by atoms with Crippen molar-refractivity contribution >= 4 is 29.9 Å². The normalized spacial score (nSPS) is 22.1. The van der Waals surface area contributed by atoms with E-state index in [1.54, 1.807) is 0 Å². The molecule has 2 aliphatic heterocycles. The van der Waals surface area contributed by atoms with Crippen molar-refractivity contribution in [3.8, 4) is 0 Å². The van der Waals surface area contributed by atoms with Gasteiger partial charge in [-0.05, 0) is 43.7 Å². The van der Waals surface area contributed by atoms with Gasteiger partial charge in [0.1, 0.15) is 0 Å². The molecule has 2 fully saturated rings. The monoisotopic (exact) mass is 392 g/mol. The number of nitrogens with one attached hydrogen (secondary N) is 3. The van der Waals surface area contributed by atoms with Gasteiger partial charge in [0.25, 0.3) is 0 Å². The number of carbonyl (C=O) groups is 2. The molecule has 148 valence electrons. The Balaban J connectivity index is 1.43. The van der Waals surface area contributed by atoms with E-state index in [4.69, 9.17) is 4.18 Å². The quantitative estimate of drug-likeness (QED) is 0.528. The number of rotatable bonds is 5. The van der Waals surface area contributed by atoms with Gasteiger partial charge in [0.2, 0.25) is 5.91 Å². The van der Waals surface area contributed by atoms with Crippen LogP contribution < -0.4 is 16.0 Å². The Morgan fingerprint density at radius 1 is 1.37 bits per heavy atom. The zero-order chi connectivity index (χ0) is 19.4. The number of carbonyl (C=O) groups excluding carboxylic acids is 2. The third-order valence-corrected chi connectivity index (χ3v) is 5.81. The Morgan fingerprint density at radius 3 is 2.74 bits per heavy atom. The van der Waals surface area contributed by atoms with E-state index in [1.165, 1.54) is 0 Å². The Labute approximate surface area is 164 Å². The number of nitrogens with zero attached hydrogens (tertiary/aromatic N) is 1. The summed E-state index contributed by atoms with van der Waals surface area (Å²) in [6.07, 6.45) is 1.92. The second kappa shape index (κ2) is 8.50. The van der Waals surface area contributed by atoms with E-state index in [0.29, 0.717) is 5.92 Å². The van der Waals surface area contributed by atoms with E-state index in [2.05, 4.69) is 29.8 Å². The van der Waals surface area contributed by atoms with Gasteiger partial charge < -0.3 is 9.50 Å². The number of amides is 2. The molecule has 2 saturated heterocycles. The first kappa shape index (κ1) is 20.0. The van der Waals surface area contributed by atoms with Crippen molar-refractivity contribution < 1.29 is 13.8 Å². The van der Waals surface area contributed by atoms with Gasteiger partial charge in [-0.2, -0.15) is 0 Å². The highest BCUT2D eigenvalue weighted by Gasteiger charge is 2.45. The summed E-state index contributed by atoms with van der Waals surface area (Å²) in [5.41, 5.74) is 1.41. The van der Waals surface area contributed by atoms with Gasteiger partial charge in [-0.3, -0.25) is 15.4 Å². The predicted molar refractivity (Wildman–Crippen MR) is 107 cm³/mol. The van der Waals surface area contributed by atoms with E-state index in [0.717, 1.165) is 55.8 Å². The molecule has 0 aliphatic carbocycles. The van der Waals surface area contributed by atoms with Crippen LogP contribution in [0.5, 0.6) is 0 Å². The standard InChI is InChI=1S/C19H28N4O3S/c1-13(2)12-16-17(24)22-19(21-16)8-10-23(11-9-19)27-26-18(25)20-15-7-5-4-6-14(15)3/h4-7,13,16,21H,8-12H2,1-3H3,(H,20,25)(H,22,24). The Morgan fingerprint density at radius 2 is 2.07 bits per heavy atom. The number of hydrogen-bond acceptors (Lipinski definition) is 6. The van der Waals surface area contributed by atoms with Crippen molar-refractivity contribution in [1.29, 1.82) is 0 Å². The van der Waals surface area contributed by atoms with Gasteiger partial charge in [-0.15, -0.1) is 0 Å². The summed E-state index contributed by atoms with van der Waals surface area (Å²) in [6.45, 7) is 7.63. The number of para-hydroxylation sites is 1. The maximum Gasteiger partial charge on any atom is 0.425 e. The number of hydrogen-bond donors (Lipinski definition) is 3. The van der Waals surface area contributed by atoms with E-state index >= 15 is 0 Å². The first-order valence-corrected chi connectivity index (χ1v) is 10.1. The van der Waals surface area contributed by atoms with Gasteiger partial charge in [-0.1, -0.05) is 32.0 Å². The van der Waals surface area contributed by atoms with Gasteiger partial charge in [0.15, 0.2) is 12.2 Å². The van der Waals surface area contributed by atoms with Gasteiger partial charge in [0, 0.05) is 18.8 Å². The maximum absolute atomic E-state index is 12.2. The van der Waals surface area contributed by atoms with Gasteiger partial charge in [-0.25, -0.2) is 9.10 Å². The molecular formula is C19H28N4O3S. The van der Waals surface area contributed by atoms with Crippen LogP contribution in [0.25, 0.3) is 0 Å². The highest BCUT2D eigenvalue weighted by molar-refractivity contribution is 7.92. The summed E-state index contributed by atoms with van der Waals surface area (Å²) < 4.78 is 7.28. The molecule has 7 nitrogen and oxygen atoms in total. The first-order valence-electron chi connectivity index (χ1n) is 9.43. The second-order valence-electron chi connectivity index (χ2n) is 7.71. The van der Waals surface area contributed by atoms with Crippen LogP contribution in [-0.4, -0.2) is 41.1 Å². The molecule has 1 atom stereocenters. The van der Waals surface area contributed by atoms with Crippen LogP contribution in [0.1, 0.15) is 38.7 Å². The molecule has 2 amide bonds. The first-order chi connectivity index (χ1) is 12.9. The number of aryl methyl sites for hydroxylation is 1. The predicted octanol–water partition coefficient (Wildman–Crippen LogP) is 3.03. The molecule has 1 unspecified atom stereocenters. The van der Waals surface area contributed by atoms with Crippen LogP contribution in [0.15, 0.2) is 24.3 Å². The average Bonchev–Trinajstić information content (AvgIpc) is 2.91. The molecule has 3 N–H and O–H groups in total. The molecule has 1 aromatic carbocycles. The molecule has 1 aromatic rings. The lowest BCUT2D eigenvalue weighted by atomic mass is 9.98. The molecular weight excluding hydrogens is 364 g/mol. The summed E-state index contributed by atoms with van der Waals surface area (Å²) >= 11 is 1.07. The summed E-state index contributed by atoms with van der Waals surface area (Å²) in [4.78, 5) is 24.2. The number of anilines is 1. The van der Waals surface area contributed by atoms with Crippen molar-refractivity contribution in [2.24, 2.45) is 5.92 Å².